The predicted octanol–water partition coefficient (Wildman–Crippen LogP) is 2.91. The van der Waals surface area contributed by atoms with E-state index >= 15 is 0 Å². The van der Waals surface area contributed by atoms with Crippen molar-refractivity contribution in [2.75, 3.05) is 40.4 Å². The first-order chi connectivity index (χ1) is 14.0. The fraction of sp³-hybridized carbons (Fsp3) is 0.364. The van der Waals surface area contributed by atoms with Crippen LogP contribution in [0.25, 0.3) is 0 Å². The van der Waals surface area contributed by atoms with Crippen LogP contribution in [-0.4, -0.2) is 62.0 Å². The molecule has 0 radical (unpaired) electrons. The summed E-state index contributed by atoms with van der Waals surface area (Å²) in [6, 6.07) is 12.8. The molecule has 0 aliphatic carbocycles. The van der Waals surface area contributed by atoms with Crippen molar-refractivity contribution in [2.45, 2.75) is 17.7 Å². The standard InChI is InChI=1S/C22H26N2O4S/c1-27-18-9-8-16(14-19(18)28-2)15-21(25)23-10-5-11-24(13-12-23)22(26)17-6-3-4-7-20(17)29/h3-4,6-9,14,29H,5,10-13,15H2,1-2H3. The van der Waals surface area contributed by atoms with Crippen LogP contribution in [0.15, 0.2) is 47.4 Å². The maximum absolute atomic E-state index is 12.8. The zero-order chi connectivity index (χ0) is 20.8. The van der Waals surface area contributed by atoms with E-state index in [9.17, 15) is 9.59 Å². The van der Waals surface area contributed by atoms with E-state index in [2.05, 4.69) is 12.6 Å². The van der Waals surface area contributed by atoms with E-state index in [0.717, 1.165) is 12.0 Å². The topological polar surface area (TPSA) is 59.1 Å². The van der Waals surface area contributed by atoms with Crippen LogP contribution in [0.3, 0.4) is 0 Å². The Bertz CT molecular complexity index is 887. The minimum absolute atomic E-state index is 0.0372. The van der Waals surface area contributed by atoms with Crippen molar-refractivity contribution in [3.63, 3.8) is 0 Å². The molecule has 1 heterocycles. The molecule has 0 unspecified atom stereocenters. The lowest BCUT2D eigenvalue weighted by Crippen LogP contribution is -2.38. The number of amides is 2. The van der Waals surface area contributed by atoms with E-state index in [4.69, 9.17) is 9.47 Å². The smallest absolute Gasteiger partial charge is 0.255 e. The van der Waals surface area contributed by atoms with Gasteiger partial charge in [-0.2, -0.15) is 0 Å². The average molecular weight is 415 g/mol. The molecule has 0 atom stereocenters. The third-order valence-electron chi connectivity index (χ3n) is 5.07. The molecule has 0 spiro atoms. The SMILES string of the molecule is COc1ccc(CC(=O)N2CCCN(C(=O)c3ccccc3S)CC2)cc1OC. The van der Waals surface area contributed by atoms with Gasteiger partial charge in [0.05, 0.1) is 26.2 Å². The lowest BCUT2D eigenvalue weighted by atomic mass is 10.1. The molecule has 2 aromatic rings. The highest BCUT2D eigenvalue weighted by Gasteiger charge is 2.24. The maximum atomic E-state index is 12.8. The molecule has 6 nitrogen and oxygen atoms in total. The van der Waals surface area contributed by atoms with Gasteiger partial charge in [-0.15, -0.1) is 12.6 Å². The second kappa shape index (κ2) is 9.69. The summed E-state index contributed by atoms with van der Waals surface area (Å²) in [7, 11) is 3.16. The van der Waals surface area contributed by atoms with Gasteiger partial charge >= 0.3 is 0 Å². The zero-order valence-corrected chi connectivity index (χ0v) is 17.7. The minimum Gasteiger partial charge on any atom is -0.493 e. The van der Waals surface area contributed by atoms with Crippen molar-refractivity contribution >= 4 is 24.4 Å². The van der Waals surface area contributed by atoms with Crippen molar-refractivity contribution in [3.05, 3.63) is 53.6 Å². The first kappa shape index (κ1) is 21.0. The van der Waals surface area contributed by atoms with Crippen LogP contribution < -0.4 is 9.47 Å². The molecule has 1 aliphatic heterocycles. The van der Waals surface area contributed by atoms with Crippen LogP contribution in [0.5, 0.6) is 11.5 Å². The Morgan fingerprint density at radius 1 is 0.931 bits per heavy atom. The highest BCUT2D eigenvalue weighted by Crippen LogP contribution is 2.28. The van der Waals surface area contributed by atoms with Gasteiger partial charge in [-0.1, -0.05) is 18.2 Å². The van der Waals surface area contributed by atoms with Gasteiger partial charge < -0.3 is 19.3 Å². The number of benzene rings is 2. The molecule has 1 fully saturated rings. The summed E-state index contributed by atoms with van der Waals surface area (Å²) < 4.78 is 10.6. The van der Waals surface area contributed by atoms with Crippen LogP contribution in [-0.2, 0) is 11.2 Å². The molecule has 29 heavy (non-hydrogen) atoms. The molecule has 1 saturated heterocycles. The lowest BCUT2D eigenvalue weighted by Gasteiger charge is -2.23. The Kier molecular flexibility index (Phi) is 7.04. The van der Waals surface area contributed by atoms with Crippen molar-refractivity contribution in [3.8, 4) is 11.5 Å². The van der Waals surface area contributed by atoms with E-state index in [1.54, 1.807) is 31.3 Å². The quantitative estimate of drug-likeness (QED) is 0.765. The molecular weight excluding hydrogens is 388 g/mol. The number of nitrogens with zero attached hydrogens (tertiary/aromatic N) is 2. The number of thiol groups is 1. The fourth-order valence-electron chi connectivity index (χ4n) is 3.47. The summed E-state index contributed by atoms with van der Waals surface area (Å²) in [5.41, 5.74) is 1.47. The number of hydrogen-bond donors (Lipinski definition) is 1. The van der Waals surface area contributed by atoms with Gasteiger partial charge in [0.15, 0.2) is 11.5 Å². The molecule has 1 aliphatic rings. The third kappa shape index (κ3) is 5.03. The molecule has 7 heteroatoms. The van der Waals surface area contributed by atoms with Gasteiger partial charge in [0.25, 0.3) is 5.91 Å². The number of methoxy groups -OCH3 is 2. The van der Waals surface area contributed by atoms with Crippen LogP contribution in [0, 0.1) is 0 Å². The van der Waals surface area contributed by atoms with Gasteiger partial charge in [-0.25, -0.2) is 0 Å². The van der Waals surface area contributed by atoms with E-state index < -0.39 is 0 Å². The predicted molar refractivity (Wildman–Crippen MR) is 114 cm³/mol. The second-order valence-electron chi connectivity index (χ2n) is 6.91. The Hall–Kier alpha value is -2.67. The normalized spacial score (nSPS) is 14.3. The fourth-order valence-corrected chi connectivity index (χ4v) is 3.73. The highest BCUT2D eigenvalue weighted by atomic mass is 32.1. The summed E-state index contributed by atoms with van der Waals surface area (Å²) in [5.74, 6) is 1.25. The van der Waals surface area contributed by atoms with E-state index in [1.165, 1.54) is 0 Å². The van der Waals surface area contributed by atoms with Gasteiger partial charge in [0.2, 0.25) is 5.91 Å². The lowest BCUT2D eigenvalue weighted by molar-refractivity contribution is -0.130. The Labute approximate surface area is 176 Å². The molecule has 2 aromatic carbocycles. The van der Waals surface area contributed by atoms with Crippen molar-refractivity contribution in [1.29, 1.82) is 0 Å². The van der Waals surface area contributed by atoms with E-state index in [1.807, 2.05) is 35.2 Å². The molecule has 0 N–H and O–H groups in total. The number of carbonyl (C=O) groups is 2. The molecule has 154 valence electrons. The summed E-state index contributed by atoms with van der Waals surface area (Å²) >= 11 is 4.39. The van der Waals surface area contributed by atoms with Gasteiger partial charge in [0.1, 0.15) is 0 Å². The van der Waals surface area contributed by atoms with Crippen LogP contribution >= 0.6 is 12.6 Å². The van der Waals surface area contributed by atoms with Crippen molar-refractivity contribution in [1.82, 2.24) is 9.80 Å². The molecule has 0 bridgehead atoms. The summed E-state index contributed by atoms with van der Waals surface area (Å²) in [6.07, 6.45) is 1.03. The number of carbonyl (C=O) groups excluding carboxylic acids is 2. The zero-order valence-electron chi connectivity index (χ0n) is 16.8. The first-order valence-electron chi connectivity index (χ1n) is 9.59. The average Bonchev–Trinajstić information content (AvgIpc) is 3.00. The highest BCUT2D eigenvalue weighted by molar-refractivity contribution is 7.80. The second-order valence-corrected chi connectivity index (χ2v) is 7.39. The third-order valence-corrected chi connectivity index (χ3v) is 5.46. The Morgan fingerprint density at radius 3 is 2.34 bits per heavy atom. The molecular formula is C22H26N2O4S. The molecule has 3 rings (SSSR count). The first-order valence-corrected chi connectivity index (χ1v) is 10.0. The van der Waals surface area contributed by atoms with E-state index in [0.29, 0.717) is 48.1 Å². The van der Waals surface area contributed by atoms with Gasteiger partial charge in [-0.3, -0.25) is 9.59 Å². The van der Waals surface area contributed by atoms with Crippen LogP contribution in [0.4, 0.5) is 0 Å². The number of hydrogen-bond acceptors (Lipinski definition) is 5. The molecule has 0 aromatic heterocycles. The van der Waals surface area contributed by atoms with E-state index in [-0.39, 0.29) is 18.2 Å². The summed E-state index contributed by atoms with van der Waals surface area (Å²) in [5, 5.41) is 0. The monoisotopic (exact) mass is 414 g/mol. The molecule has 2 amide bonds. The Balaban J connectivity index is 1.62. The van der Waals surface area contributed by atoms with Crippen molar-refractivity contribution in [2.24, 2.45) is 0 Å². The Morgan fingerprint density at radius 2 is 1.62 bits per heavy atom. The number of rotatable bonds is 5. The largest absolute Gasteiger partial charge is 0.493 e. The number of ether oxygens (including phenoxy) is 2. The van der Waals surface area contributed by atoms with Gasteiger partial charge in [0, 0.05) is 31.1 Å². The van der Waals surface area contributed by atoms with Crippen LogP contribution in [0.1, 0.15) is 22.3 Å². The van der Waals surface area contributed by atoms with Gasteiger partial charge in [-0.05, 0) is 36.2 Å². The summed E-state index contributed by atoms with van der Waals surface area (Å²) in [6.45, 7) is 2.30. The molecule has 0 saturated carbocycles. The maximum Gasteiger partial charge on any atom is 0.255 e. The minimum atomic E-state index is -0.0372. The van der Waals surface area contributed by atoms with Crippen molar-refractivity contribution < 1.29 is 19.1 Å². The van der Waals surface area contributed by atoms with Crippen LogP contribution in [0.2, 0.25) is 0 Å². The summed E-state index contributed by atoms with van der Waals surface area (Å²) in [4.78, 5) is 29.9.